The minimum absolute atomic E-state index is 0.0253. The second-order valence-corrected chi connectivity index (χ2v) is 4.40. The molecule has 96 valence electrons. The summed E-state index contributed by atoms with van der Waals surface area (Å²) in [6.07, 6.45) is 3.54. The molecule has 4 N–H and O–H groups in total. The molecule has 1 aromatic rings. The molecule has 1 fully saturated rings. The molecule has 0 saturated heterocycles. The molecule has 0 radical (unpaired) electrons. The molecule has 0 aliphatic heterocycles. The van der Waals surface area contributed by atoms with E-state index in [1.807, 2.05) is 0 Å². The molecule has 0 bridgehead atoms. The molecule has 1 aromatic heterocycles. The smallest absolute Gasteiger partial charge is 0.270 e. The van der Waals surface area contributed by atoms with Gasteiger partial charge in [-0.15, -0.1) is 0 Å². The van der Waals surface area contributed by atoms with Crippen molar-refractivity contribution in [1.29, 1.82) is 0 Å². The van der Waals surface area contributed by atoms with E-state index < -0.39 is 0 Å². The van der Waals surface area contributed by atoms with Crippen LogP contribution in [0.2, 0.25) is 0 Å². The first kappa shape index (κ1) is 12.3. The molecular weight excluding hydrogens is 232 g/mol. The van der Waals surface area contributed by atoms with Crippen LogP contribution >= 0.6 is 0 Å². The number of aromatic nitrogens is 1. The van der Waals surface area contributed by atoms with Crippen molar-refractivity contribution < 1.29 is 10.0 Å². The van der Waals surface area contributed by atoms with Gasteiger partial charge in [0.2, 0.25) is 0 Å². The summed E-state index contributed by atoms with van der Waals surface area (Å²) in [5.41, 5.74) is 6.22. The number of amidine groups is 1. The number of nitrogens with zero attached hydrogens (tertiary/aromatic N) is 2. The minimum Gasteiger partial charge on any atom is -0.409 e. The maximum Gasteiger partial charge on any atom is 0.270 e. The zero-order valence-electron chi connectivity index (χ0n) is 10.1. The number of pyridine rings is 1. The minimum atomic E-state index is -0.179. The average molecular weight is 248 g/mol. The van der Waals surface area contributed by atoms with Crippen molar-refractivity contribution in [3.8, 4) is 0 Å². The first-order valence-electron chi connectivity index (χ1n) is 5.90. The highest BCUT2D eigenvalue weighted by atomic mass is 16.4. The van der Waals surface area contributed by atoms with Gasteiger partial charge in [0.1, 0.15) is 5.69 Å². The Labute approximate surface area is 105 Å². The van der Waals surface area contributed by atoms with Crippen molar-refractivity contribution in [3.63, 3.8) is 0 Å². The Kier molecular flexibility index (Phi) is 3.45. The van der Waals surface area contributed by atoms with Gasteiger partial charge in [0.25, 0.3) is 5.91 Å². The fourth-order valence-electron chi connectivity index (χ4n) is 1.86. The lowest BCUT2D eigenvalue weighted by molar-refractivity contribution is 0.0944. The van der Waals surface area contributed by atoms with Gasteiger partial charge in [0.05, 0.1) is 0 Å². The molecule has 1 amide bonds. The molecule has 0 aromatic carbocycles. The molecule has 0 spiro atoms. The van der Waals surface area contributed by atoms with Crippen LogP contribution in [0.5, 0.6) is 0 Å². The fraction of sp³-hybridized carbons (Fsp3) is 0.417. The van der Waals surface area contributed by atoms with Crippen molar-refractivity contribution in [2.75, 3.05) is 0 Å². The van der Waals surface area contributed by atoms with Crippen LogP contribution < -0.4 is 11.1 Å². The van der Waals surface area contributed by atoms with E-state index in [1.165, 1.54) is 6.20 Å². The Bertz CT molecular complexity index is 469. The van der Waals surface area contributed by atoms with Crippen LogP contribution in [0, 0.1) is 5.92 Å². The predicted molar refractivity (Wildman–Crippen MR) is 66.4 cm³/mol. The fourth-order valence-corrected chi connectivity index (χ4v) is 1.86. The zero-order valence-corrected chi connectivity index (χ0v) is 10.1. The van der Waals surface area contributed by atoms with Crippen molar-refractivity contribution in [1.82, 2.24) is 10.3 Å². The van der Waals surface area contributed by atoms with Gasteiger partial charge in [-0.05, 0) is 24.5 Å². The third kappa shape index (κ3) is 2.58. The number of carbonyl (C=O) groups excluding carboxylic acids is 1. The summed E-state index contributed by atoms with van der Waals surface area (Å²) >= 11 is 0. The highest BCUT2D eigenvalue weighted by Gasteiger charge is 2.36. The predicted octanol–water partition coefficient (Wildman–Crippen LogP) is 0.704. The number of nitrogens with two attached hydrogens (primary N) is 1. The molecule has 1 aliphatic carbocycles. The van der Waals surface area contributed by atoms with Crippen LogP contribution in [-0.2, 0) is 0 Å². The second-order valence-electron chi connectivity index (χ2n) is 4.40. The van der Waals surface area contributed by atoms with E-state index in [1.54, 1.807) is 12.1 Å². The maximum atomic E-state index is 11.8. The summed E-state index contributed by atoms with van der Waals surface area (Å²) in [5, 5.41) is 14.3. The molecule has 2 atom stereocenters. The normalized spacial score (nSPS) is 22.6. The lowest BCUT2D eigenvalue weighted by Crippen LogP contribution is -2.27. The summed E-state index contributed by atoms with van der Waals surface area (Å²) in [4.78, 5) is 15.8. The van der Waals surface area contributed by atoms with Gasteiger partial charge < -0.3 is 16.3 Å². The van der Waals surface area contributed by atoms with Crippen LogP contribution in [0.25, 0.3) is 0 Å². The second kappa shape index (κ2) is 5.03. The third-order valence-electron chi connectivity index (χ3n) is 3.16. The maximum absolute atomic E-state index is 11.8. The lowest BCUT2D eigenvalue weighted by atomic mass is 10.2. The van der Waals surface area contributed by atoms with Gasteiger partial charge in [0, 0.05) is 17.8 Å². The number of hydrogen-bond acceptors (Lipinski definition) is 4. The number of amides is 1. The number of carbonyl (C=O) groups is 1. The van der Waals surface area contributed by atoms with Crippen LogP contribution in [0.15, 0.2) is 23.5 Å². The average Bonchev–Trinajstić information content (AvgIpc) is 3.16. The molecular formula is C12H16N4O2. The molecule has 1 heterocycles. The number of nitrogens with one attached hydrogen (secondary N) is 1. The van der Waals surface area contributed by atoms with Crippen molar-refractivity contribution >= 4 is 11.7 Å². The van der Waals surface area contributed by atoms with E-state index in [-0.39, 0.29) is 17.8 Å². The van der Waals surface area contributed by atoms with Crippen LogP contribution in [0.1, 0.15) is 35.8 Å². The van der Waals surface area contributed by atoms with Crippen LogP contribution in [-0.4, -0.2) is 28.0 Å². The van der Waals surface area contributed by atoms with Crippen LogP contribution in [0.3, 0.4) is 0 Å². The molecule has 1 saturated carbocycles. The quantitative estimate of drug-likeness (QED) is 0.316. The molecule has 2 unspecified atom stereocenters. The number of rotatable bonds is 4. The van der Waals surface area contributed by atoms with Crippen LogP contribution in [0.4, 0.5) is 0 Å². The van der Waals surface area contributed by atoms with Gasteiger partial charge in [-0.1, -0.05) is 18.5 Å². The zero-order chi connectivity index (χ0) is 13.1. The van der Waals surface area contributed by atoms with Gasteiger partial charge in [-0.3, -0.25) is 9.78 Å². The molecule has 6 heteroatoms. The monoisotopic (exact) mass is 248 g/mol. The summed E-state index contributed by atoms with van der Waals surface area (Å²) in [6, 6.07) is 3.45. The Morgan fingerprint density at radius 2 is 2.44 bits per heavy atom. The third-order valence-corrected chi connectivity index (χ3v) is 3.16. The lowest BCUT2D eigenvalue weighted by Gasteiger charge is -2.04. The van der Waals surface area contributed by atoms with Gasteiger partial charge in [0.15, 0.2) is 5.84 Å². The summed E-state index contributed by atoms with van der Waals surface area (Å²) < 4.78 is 0. The molecule has 2 rings (SSSR count). The number of hydrogen-bond donors (Lipinski definition) is 3. The summed E-state index contributed by atoms with van der Waals surface area (Å²) in [7, 11) is 0. The van der Waals surface area contributed by atoms with E-state index in [0.717, 1.165) is 12.8 Å². The Morgan fingerprint density at radius 3 is 2.94 bits per heavy atom. The summed E-state index contributed by atoms with van der Waals surface area (Å²) in [5.74, 6) is 0.398. The van der Waals surface area contributed by atoms with Crippen molar-refractivity contribution in [2.45, 2.75) is 25.8 Å². The summed E-state index contributed by atoms with van der Waals surface area (Å²) in [6.45, 7) is 2.11. The standard InChI is InChI=1S/C12H16N4O2/c1-2-7-5-10(7)15-12(17)9-4-3-8(6-14-9)11(13)16-18/h3-4,6-7,10,18H,2,5H2,1H3,(H2,13,16)(H,15,17). The Hall–Kier alpha value is -2.11. The van der Waals surface area contributed by atoms with Gasteiger partial charge in [-0.25, -0.2) is 0 Å². The topological polar surface area (TPSA) is 101 Å². The van der Waals surface area contributed by atoms with E-state index in [0.29, 0.717) is 17.2 Å². The van der Waals surface area contributed by atoms with E-state index in [9.17, 15) is 4.79 Å². The number of oxime groups is 1. The molecule has 18 heavy (non-hydrogen) atoms. The largest absolute Gasteiger partial charge is 0.409 e. The highest BCUT2D eigenvalue weighted by molar-refractivity contribution is 5.98. The van der Waals surface area contributed by atoms with Gasteiger partial charge in [-0.2, -0.15) is 0 Å². The molecule has 1 aliphatic rings. The Balaban J connectivity index is 1.99. The Morgan fingerprint density at radius 1 is 1.67 bits per heavy atom. The molecule has 6 nitrogen and oxygen atoms in total. The first-order valence-corrected chi connectivity index (χ1v) is 5.90. The van der Waals surface area contributed by atoms with Gasteiger partial charge >= 0.3 is 0 Å². The highest BCUT2D eigenvalue weighted by Crippen LogP contribution is 2.33. The SMILES string of the molecule is CCC1CC1NC(=O)c1ccc(/C(N)=N/O)cn1. The van der Waals surface area contributed by atoms with E-state index in [4.69, 9.17) is 10.9 Å². The van der Waals surface area contributed by atoms with Crippen molar-refractivity contribution in [3.05, 3.63) is 29.6 Å². The van der Waals surface area contributed by atoms with E-state index >= 15 is 0 Å². The van der Waals surface area contributed by atoms with Crippen molar-refractivity contribution in [2.24, 2.45) is 16.8 Å². The van der Waals surface area contributed by atoms with E-state index in [2.05, 4.69) is 22.4 Å². The first-order chi connectivity index (χ1) is 8.65.